The number of hydrogen-bond donors (Lipinski definition) is 0. The third kappa shape index (κ3) is 5.34. The largest absolute Gasteiger partial charge is 0.376 e. The van der Waals surface area contributed by atoms with Crippen LogP contribution in [0.1, 0.15) is 80.1 Å². The molecule has 0 spiro atoms. The van der Waals surface area contributed by atoms with Gasteiger partial charge in [0.1, 0.15) is 0 Å². The first-order valence-electron chi connectivity index (χ1n) is 13.6. The summed E-state index contributed by atoms with van der Waals surface area (Å²) in [6, 6.07) is 1.94. The Morgan fingerprint density at radius 3 is 2.23 bits per heavy atom. The zero-order chi connectivity index (χ0) is 22.2. The van der Waals surface area contributed by atoms with E-state index in [1.54, 1.807) is 0 Å². The van der Waals surface area contributed by atoms with Gasteiger partial charge in [-0.25, -0.2) is 0 Å². The molecule has 4 nitrogen and oxygen atoms in total. The van der Waals surface area contributed by atoms with Gasteiger partial charge in [-0.3, -0.25) is 4.90 Å². The Bertz CT molecular complexity index is 579. The summed E-state index contributed by atoms with van der Waals surface area (Å²) in [5.41, 5.74) is 0.489. The van der Waals surface area contributed by atoms with Gasteiger partial charge in [-0.05, 0) is 97.4 Å². The molecule has 1 saturated carbocycles. The van der Waals surface area contributed by atoms with E-state index in [0.717, 1.165) is 19.1 Å². The van der Waals surface area contributed by atoms with Gasteiger partial charge in [0.15, 0.2) is 0 Å². The molecule has 4 heteroatoms. The Balaban J connectivity index is 1.50. The number of nitrogens with zero attached hydrogens (tertiary/aromatic N) is 3. The summed E-state index contributed by atoms with van der Waals surface area (Å²) < 4.78 is 6.93. The molecule has 0 radical (unpaired) electrons. The van der Waals surface area contributed by atoms with E-state index in [9.17, 15) is 0 Å². The van der Waals surface area contributed by atoms with E-state index in [2.05, 4.69) is 56.2 Å². The summed E-state index contributed by atoms with van der Waals surface area (Å²) in [6.45, 7) is 22.8. The second kappa shape index (κ2) is 9.99. The molecule has 4 aliphatic rings. The van der Waals surface area contributed by atoms with Gasteiger partial charge in [0, 0.05) is 56.8 Å². The SMILES string of the molecule is CC(C)N1CCCCC(C2CN(C(C)C)CC(C34CCC(CN(C(C)C)C3)C4)CO2)C1. The molecular formula is C27H51N3O. The van der Waals surface area contributed by atoms with Crippen molar-refractivity contribution >= 4 is 0 Å². The molecule has 0 aromatic rings. The molecule has 2 bridgehead atoms. The lowest BCUT2D eigenvalue weighted by Gasteiger charge is -2.47. The summed E-state index contributed by atoms with van der Waals surface area (Å²) in [4.78, 5) is 8.30. The van der Waals surface area contributed by atoms with Crippen LogP contribution in [0.2, 0.25) is 0 Å². The normalized spacial score (nSPS) is 39.4. The lowest BCUT2D eigenvalue weighted by atomic mass is 9.71. The third-order valence-corrected chi connectivity index (χ3v) is 9.46. The number of rotatable bonds is 5. The summed E-state index contributed by atoms with van der Waals surface area (Å²) in [5.74, 6) is 2.31. The maximum Gasteiger partial charge on any atom is 0.0742 e. The van der Waals surface area contributed by atoms with Crippen molar-refractivity contribution in [2.24, 2.45) is 23.2 Å². The predicted molar refractivity (Wildman–Crippen MR) is 130 cm³/mol. The smallest absolute Gasteiger partial charge is 0.0742 e. The van der Waals surface area contributed by atoms with Crippen LogP contribution in [0.5, 0.6) is 0 Å². The molecule has 180 valence electrons. The molecule has 3 aliphatic heterocycles. The molecule has 5 unspecified atom stereocenters. The summed E-state index contributed by atoms with van der Waals surface area (Å²) >= 11 is 0. The zero-order valence-electron chi connectivity index (χ0n) is 21.5. The Morgan fingerprint density at radius 1 is 0.774 bits per heavy atom. The second-order valence-corrected chi connectivity index (χ2v) is 12.5. The van der Waals surface area contributed by atoms with E-state index in [0.29, 0.717) is 41.5 Å². The molecule has 0 aromatic heterocycles. The number of likely N-dealkylation sites (tertiary alicyclic amines) is 2. The van der Waals surface area contributed by atoms with Crippen molar-refractivity contribution in [3.05, 3.63) is 0 Å². The maximum atomic E-state index is 6.93. The highest BCUT2D eigenvalue weighted by atomic mass is 16.5. The van der Waals surface area contributed by atoms with Gasteiger partial charge in [-0.1, -0.05) is 6.42 Å². The highest BCUT2D eigenvalue weighted by molar-refractivity contribution is 5.03. The topological polar surface area (TPSA) is 19.0 Å². The lowest BCUT2D eigenvalue weighted by Crippen LogP contribution is -2.52. The molecule has 1 aliphatic carbocycles. The van der Waals surface area contributed by atoms with E-state index in [1.807, 2.05) is 0 Å². The van der Waals surface area contributed by atoms with Crippen molar-refractivity contribution in [2.45, 2.75) is 104 Å². The van der Waals surface area contributed by atoms with Gasteiger partial charge in [0.05, 0.1) is 12.7 Å². The standard InChI is InChI=1S/C27H51N3O/c1-20(2)28-12-8-7-9-24(15-28)26-17-29(21(3)4)16-25(18-31-26)27-11-10-23(13-27)14-30(19-27)22(5)6/h20-26H,7-19H2,1-6H3. The van der Waals surface area contributed by atoms with Crippen molar-refractivity contribution in [3.63, 3.8) is 0 Å². The zero-order valence-corrected chi connectivity index (χ0v) is 21.5. The lowest BCUT2D eigenvalue weighted by molar-refractivity contribution is -0.0414. The average molecular weight is 434 g/mol. The van der Waals surface area contributed by atoms with Gasteiger partial charge in [-0.15, -0.1) is 0 Å². The first-order valence-corrected chi connectivity index (χ1v) is 13.6. The van der Waals surface area contributed by atoms with Crippen LogP contribution in [0.15, 0.2) is 0 Å². The van der Waals surface area contributed by atoms with Crippen LogP contribution in [-0.4, -0.2) is 84.8 Å². The van der Waals surface area contributed by atoms with Crippen LogP contribution in [0.25, 0.3) is 0 Å². The Labute approximate surface area is 193 Å². The summed E-state index contributed by atoms with van der Waals surface area (Å²) in [6.07, 6.45) is 8.79. The fraction of sp³-hybridized carbons (Fsp3) is 1.00. The highest BCUT2D eigenvalue weighted by Gasteiger charge is 2.51. The third-order valence-electron chi connectivity index (χ3n) is 9.46. The van der Waals surface area contributed by atoms with Crippen molar-refractivity contribution in [1.82, 2.24) is 14.7 Å². The first kappa shape index (κ1) is 24.0. The Kier molecular flexibility index (Phi) is 7.73. The second-order valence-electron chi connectivity index (χ2n) is 12.5. The van der Waals surface area contributed by atoms with Gasteiger partial charge < -0.3 is 14.5 Å². The van der Waals surface area contributed by atoms with Crippen LogP contribution in [-0.2, 0) is 4.74 Å². The van der Waals surface area contributed by atoms with Crippen molar-refractivity contribution in [1.29, 1.82) is 0 Å². The van der Waals surface area contributed by atoms with Crippen LogP contribution in [0.3, 0.4) is 0 Å². The fourth-order valence-corrected chi connectivity index (χ4v) is 7.25. The molecule has 31 heavy (non-hydrogen) atoms. The van der Waals surface area contributed by atoms with E-state index < -0.39 is 0 Å². The number of hydrogen-bond acceptors (Lipinski definition) is 4. The molecule has 0 aromatic carbocycles. The van der Waals surface area contributed by atoms with Gasteiger partial charge >= 0.3 is 0 Å². The average Bonchev–Trinajstić information content (AvgIpc) is 2.96. The molecule has 0 amide bonds. The molecular weight excluding hydrogens is 382 g/mol. The van der Waals surface area contributed by atoms with Crippen LogP contribution in [0, 0.1) is 23.2 Å². The number of ether oxygens (including phenoxy) is 1. The maximum absolute atomic E-state index is 6.93. The number of piperidine rings is 1. The fourth-order valence-electron chi connectivity index (χ4n) is 7.25. The molecule has 4 fully saturated rings. The predicted octanol–water partition coefficient (Wildman–Crippen LogP) is 4.73. The minimum absolute atomic E-state index is 0.408. The summed E-state index contributed by atoms with van der Waals surface area (Å²) in [5, 5.41) is 0. The number of fused-ring (bicyclic) bond motifs is 2. The van der Waals surface area contributed by atoms with Gasteiger partial charge in [0.2, 0.25) is 0 Å². The van der Waals surface area contributed by atoms with Crippen molar-refractivity contribution in [3.8, 4) is 0 Å². The monoisotopic (exact) mass is 433 g/mol. The highest BCUT2D eigenvalue weighted by Crippen LogP contribution is 2.52. The Hall–Kier alpha value is -0.160. The van der Waals surface area contributed by atoms with Gasteiger partial charge in [-0.2, -0.15) is 0 Å². The van der Waals surface area contributed by atoms with Crippen LogP contribution < -0.4 is 0 Å². The van der Waals surface area contributed by atoms with E-state index >= 15 is 0 Å². The van der Waals surface area contributed by atoms with Crippen molar-refractivity contribution in [2.75, 3.05) is 45.9 Å². The van der Waals surface area contributed by atoms with E-state index in [1.165, 1.54) is 71.2 Å². The van der Waals surface area contributed by atoms with Gasteiger partial charge in [0.25, 0.3) is 0 Å². The quantitative estimate of drug-likeness (QED) is 0.624. The van der Waals surface area contributed by atoms with E-state index in [4.69, 9.17) is 4.74 Å². The Morgan fingerprint density at radius 2 is 1.52 bits per heavy atom. The summed E-state index contributed by atoms with van der Waals surface area (Å²) in [7, 11) is 0. The van der Waals surface area contributed by atoms with Crippen molar-refractivity contribution < 1.29 is 4.74 Å². The molecule has 0 N–H and O–H groups in total. The van der Waals surface area contributed by atoms with E-state index in [-0.39, 0.29) is 0 Å². The van der Waals surface area contributed by atoms with Crippen LogP contribution >= 0.6 is 0 Å². The molecule has 3 heterocycles. The molecule has 3 saturated heterocycles. The minimum Gasteiger partial charge on any atom is -0.376 e. The molecule has 5 atom stereocenters. The van der Waals surface area contributed by atoms with Crippen LogP contribution in [0.4, 0.5) is 0 Å². The first-order chi connectivity index (χ1) is 14.8. The minimum atomic E-state index is 0.408. The molecule has 4 rings (SSSR count).